The molecule has 21 rings (SSSR count). The molecule has 7 nitrogen and oxygen atoms in total. The molecule has 0 fully saturated rings. The van der Waals surface area contributed by atoms with Crippen LogP contribution in [0.3, 0.4) is 0 Å². The minimum atomic E-state index is -1.38. The topological polar surface area (TPSA) is 47.9 Å². The molecule has 4 aliphatic heterocycles. The molecule has 0 saturated heterocycles. The van der Waals surface area contributed by atoms with Crippen LogP contribution >= 0.6 is 11.3 Å². The molecule has 518 valence electrons. The van der Waals surface area contributed by atoms with Crippen molar-refractivity contribution in [1.82, 2.24) is 9.13 Å². The summed E-state index contributed by atoms with van der Waals surface area (Å²) in [5.74, 6) is -0.220. The predicted molar refractivity (Wildman–Crippen MR) is 447 cm³/mol. The Morgan fingerprint density at radius 2 is 0.877 bits per heavy atom. The van der Waals surface area contributed by atoms with Crippen LogP contribution in [-0.4, -0.2) is 22.6 Å². The molecule has 8 heterocycles. The fraction of sp³-hybridized carbons (Fsp3) is 0.229. The number of fused-ring (bicyclic) bond motifs is 23. The summed E-state index contributed by atoms with van der Waals surface area (Å²) in [6, 6.07) is 46.8. The second kappa shape index (κ2) is 21.1. The Morgan fingerprint density at radius 3 is 1.42 bits per heavy atom. The van der Waals surface area contributed by atoms with Gasteiger partial charge in [-0.3, -0.25) is 0 Å². The maximum absolute atomic E-state index is 11.6. The van der Waals surface area contributed by atoms with Crippen LogP contribution in [0.1, 0.15) is 172 Å². The maximum Gasteiger partial charge on any atom is 0.301 e. The summed E-state index contributed by atoms with van der Waals surface area (Å²) in [5, 5.41) is 2.38. The van der Waals surface area contributed by atoms with E-state index in [1.165, 1.54) is 11.3 Å². The second-order valence-electron chi connectivity index (χ2n) is 35.0. The van der Waals surface area contributed by atoms with Gasteiger partial charge in [-0.1, -0.05) is 238 Å². The van der Waals surface area contributed by atoms with E-state index in [2.05, 4.69) is 118 Å². The van der Waals surface area contributed by atoms with Gasteiger partial charge in [-0.15, -0.1) is 11.3 Å². The largest absolute Gasteiger partial charge is 0.468 e. The lowest BCUT2D eigenvalue weighted by molar-refractivity contribution is 0.468. The molecular formula is C96H84B2N4O3S. The zero-order chi connectivity index (χ0) is 83.1. The summed E-state index contributed by atoms with van der Waals surface area (Å²) in [6.45, 7) is 30.6. The van der Waals surface area contributed by atoms with Crippen molar-refractivity contribution in [2.45, 2.75) is 143 Å². The summed E-state index contributed by atoms with van der Waals surface area (Å²) in [7, 11) is 0. The molecule has 0 N–H and O–H groups in total. The fourth-order valence-electron chi connectivity index (χ4n) is 18.3. The van der Waals surface area contributed by atoms with E-state index < -0.39 is 47.2 Å². The van der Waals surface area contributed by atoms with Gasteiger partial charge in [-0.05, 0) is 156 Å². The van der Waals surface area contributed by atoms with Crippen LogP contribution in [0.4, 0.5) is 34.1 Å². The van der Waals surface area contributed by atoms with Crippen molar-refractivity contribution >= 4 is 134 Å². The third-order valence-electron chi connectivity index (χ3n) is 23.5. The summed E-state index contributed by atoms with van der Waals surface area (Å²) >= 11 is 1.22. The van der Waals surface area contributed by atoms with Gasteiger partial charge >= 0.3 is 6.71 Å². The Bertz CT molecular complexity index is 7170. The first kappa shape index (κ1) is 52.3. The average molecular weight is 1410 g/mol. The molecule has 0 spiro atoms. The lowest BCUT2D eigenvalue weighted by Gasteiger charge is -2.42. The predicted octanol–water partition coefficient (Wildman–Crippen LogP) is 22.1. The van der Waals surface area contributed by atoms with Crippen LogP contribution in [0.25, 0.3) is 76.8 Å². The first-order valence-corrected chi connectivity index (χ1v) is 37.8. The Labute approximate surface area is 642 Å². The van der Waals surface area contributed by atoms with Crippen molar-refractivity contribution in [2.75, 3.05) is 9.80 Å². The van der Waals surface area contributed by atoms with Gasteiger partial charge in [0.2, 0.25) is 0 Å². The lowest BCUT2D eigenvalue weighted by Crippen LogP contribution is -2.63. The SMILES string of the molecule is [2H]c1c([2H])c2c(c3c1Oc1c([2H])c(-n4c5c(c6ccccc64)C(C)(C)c4ccccc4-5)c([2H])c4c1B3c1sc3c([2H])c([2H])c(C(C)(C)C)c([2H])c3c1N4c1ccc(C(C)(C)C)cc1)Oc1c([2H])c(-n3c4c(c5ccccc53)C(C)(C)c3ccccc3-4)c([2H])c3c1B2c1oc2c([2H])c([2H])c(C(C)(C)C)c([2H])c2c1N3c1ccc(C(C)(C)C)cc1. The summed E-state index contributed by atoms with van der Waals surface area (Å²) < 4.78 is 157. The van der Waals surface area contributed by atoms with Gasteiger partial charge in [0.25, 0.3) is 6.71 Å². The van der Waals surface area contributed by atoms with E-state index in [-0.39, 0.29) is 161 Å². The van der Waals surface area contributed by atoms with E-state index in [0.717, 1.165) is 77.7 Å². The molecule has 0 amide bonds. The molecule has 0 saturated carbocycles. The zero-order valence-electron chi connectivity index (χ0n) is 74.4. The van der Waals surface area contributed by atoms with Gasteiger partial charge < -0.3 is 32.8 Å². The normalized spacial score (nSPS) is 17.0. The number of aromatic nitrogens is 2. The first-order valence-electron chi connectivity index (χ1n) is 43.0. The highest BCUT2D eigenvalue weighted by Gasteiger charge is 2.53. The number of para-hydroxylation sites is 2. The van der Waals surface area contributed by atoms with Crippen LogP contribution in [0.5, 0.6) is 23.0 Å². The van der Waals surface area contributed by atoms with Crippen LogP contribution < -0.4 is 51.6 Å². The lowest BCUT2D eigenvalue weighted by atomic mass is 9.32. The third-order valence-corrected chi connectivity index (χ3v) is 24.7. The standard InChI is InChI=1S/C96H84B2N4O3S/c1-91(2,3)53-33-39-57(40-34-53)99-72-49-60(102-71-32-24-20-28-64(71)80-85(102)62-26-18-22-30-68(62)96(80,15)16)52-77-81(72)97(89-86(99)65-47-55(93(7,8)9)37-44-74(65)105-89)69-43-45-75-83(88(69)104-77)98-82-73(100(58-41-35-54(36-42-58)92(4,5)6)87-66-48-56(94(10,11)12)38-46-78(66)106-90(87)98)50-59(51-76(82)103-75)101-70-31-23-19-27-63(70)79-84(101)61-25-17-21-29-67(61)95(79,13)14/h17-52H,1-16H3/i37D,38D,43D,44D,45D,46D,47D,48D,49D,50D,51D,52D. The highest BCUT2D eigenvalue weighted by Crippen LogP contribution is 2.58. The van der Waals surface area contributed by atoms with Crippen molar-refractivity contribution < 1.29 is 30.3 Å². The van der Waals surface area contributed by atoms with E-state index >= 15 is 0 Å². The van der Waals surface area contributed by atoms with Gasteiger partial charge in [0.1, 0.15) is 28.6 Å². The smallest absolute Gasteiger partial charge is 0.301 e. The molecule has 15 aromatic rings. The molecule has 4 aromatic heterocycles. The van der Waals surface area contributed by atoms with Gasteiger partial charge in [0.15, 0.2) is 0 Å². The molecule has 0 atom stereocenters. The van der Waals surface area contributed by atoms with Gasteiger partial charge in [0, 0.05) is 98.7 Å². The number of hydrogen-bond acceptors (Lipinski definition) is 6. The number of hydrogen-bond donors (Lipinski definition) is 0. The highest BCUT2D eigenvalue weighted by atomic mass is 32.1. The monoisotopic (exact) mass is 1410 g/mol. The Morgan fingerprint density at radius 1 is 0.406 bits per heavy atom. The third kappa shape index (κ3) is 8.59. The maximum atomic E-state index is 11.6. The van der Waals surface area contributed by atoms with Crippen LogP contribution in [0.2, 0.25) is 0 Å². The minimum Gasteiger partial charge on any atom is -0.468 e. The highest BCUT2D eigenvalue weighted by molar-refractivity contribution is 7.33. The van der Waals surface area contributed by atoms with Gasteiger partial charge in [-0.2, -0.15) is 0 Å². The average Bonchev–Trinajstić information content (AvgIpc) is 1.31. The van der Waals surface area contributed by atoms with E-state index in [1.807, 2.05) is 158 Å². The number of anilines is 6. The fourth-order valence-corrected chi connectivity index (χ4v) is 19.5. The number of ether oxygens (including phenoxy) is 2. The summed E-state index contributed by atoms with van der Waals surface area (Å²) in [6.07, 6.45) is 0. The number of thiophene rings is 1. The first-order chi connectivity index (χ1) is 55.7. The molecule has 11 aromatic carbocycles. The Kier molecular flexibility index (Phi) is 10.4. The Balaban J connectivity index is 0.947. The minimum absolute atomic E-state index is 0.00823. The number of furan rings is 1. The molecule has 0 bridgehead atoms. The van der Waals surface area contributed by atoms with E-state index in [0.29, 0.717) is 43.0 Å². The summed E-state index contributed by atoms with van der Waals surface area (Å²) in [4.78, 5) is 3.90. The van der Waals surface area contributed by atoms with Gasteiger partial charge in [-0.25, -0.2) is 0 Å². The van der Waals surface area contributed by atoms with Crippen LogP contribution in [-0.2, 0) is 32.5 Å². The molecule has 0 radical (unpaired) electrons. The van der Waals surface area contributed by atoms with E-state index in [4.69, 9.17) is 13.9 Å². The zero-order valence-corrected chi connectivity index (χ0v) is 63.2. The molecular weight excluding hydrogens is 1310 g/mol. The van der Waals surface area contributed by atoms with Crippen molar-refractivity contribution in [1.29, 1.82) is 0 Å². The molecule has 106 heavy (non-hydrogen) atoms. The molecule has 6 aliphatic rings. The van der Waals surface area contributed by atoms with E-state index in [9.17, 15) is 16.4 Å². The van der Waals surface area contributed by atoms with Crippen LogP contribution in [0.15, 0.2) is 223 Å². The second-order valence-corrected chi connectivity index (χ2v) is 36.0. The molecule has 2 aliphatic carbocycles. The summed E-state index contributed by atoms with van der Waals surface area (Å²) in [5.41, 5.74) is 11.7. The number of nitrogens with zero attached hydrogens (tertiary/aromatic N) is 4. The van der Waals surface area contributed by atoms with Crippen molar-refractivity contribution in [3.63, 3.8) is 0 Å². The van der Waals surface area contributed by atoms with E-state index in [1.54, 1.807) is 0 Å². The Hall–Kier alpha value is -10.7. The molecule has 0 unspecified atom stereocenters. The van der Waals surface area contributed by atoms with Crippen LogP contribution in [0, 0.1) is 0 Å². The number of benzene rings is 11. The quantitative estimate of drug-likeness (QED) is 0.164. The van der Waals surface area contributed by atoms with Crippen molar-refractivity contribution in [3.8, 4) is 56.9 Å². The molecule has 10 heteroatoms. The van der Waals surface area contributed by atoms with Crippen molar-refractivity contribution in [2.24, 2.45) is 0 Å². The van der Waals surface area contributed by atoms with Crippen molar-refractivity contribution in [3.05, 3.63) is 263 Å². The van der Waals surface area contributed by atoms with Gasteiger partial charge in [0.05, 0.1) is 67.3 Å². The number of rotatable bonds is 4.